The third-order valence-electron chi connectivity index (χ3n) is 2.81. The first kappa shape index (κ1) is 11.2. The molecule has 0 amide bonds. The van der Waals surface area contributed by atoms with Gasteiger partial charge in [0.2, 0.25) is 0 Å². The second kappa shape index (κ2) is 4.42. The van der Waals surface area contributed by atoms with Gasteiger partial charge in [-0.2, -0.15) is 0 Å². The Balaban J connectivity index is 2.11. The fourth-order valence-corrected chi connectivity index (χ4v) is 2.33. The van der Waals surface area contributed by atoms with E-state index in [9.17, 15) is 4.79 Å². The fraction of sp³-hybridized carbons (Fsp3) is 0. The number of esters is 1. The molecule has 1 aliphatic heterocycles. The standard InChI is InChI=1S/C15H9BrO2/c16-13-8-4-1-5-10(13)9-14-11-6-2-3-7-12(11)15(17)18-14/h1-9H/b14-9+. The topological polar surface area (TPSA) is 26.3 Å². The first-order valence-electron chi connectivity index (χ1n) is 5.53. The van der Waals surface area contributed by atoms with Gasteiger partial charge in [0.15, 0.2) is 0 Å². The minimum Gasteiger partial charge on any atom is -0.422 e. The molecular weight excluding hydrogens is 292 g/mol. The van der Waals surface area contributed by atoms with Crippen LogP contribution in [-0.2, 0) is 4.74 Å². The zero-order valence-corrected chi connectivity index (χ0v) is 11.0. The van der Waals surface area contributed by atoms with Gasteiger partial charge in [-0.1, -0.05) is 52.3 Å². The van der Waals surface area contributed by atoms with Crippen molar-refractivity contribution in [2.45, 2.75) is 0 Å². The van der Waals surface area contributed by atoms with Gasteiger partial charge in [0, 0.05) is 10.0 Å². The first-order chi connectivity index (χ1) is 8.75. The number of halogens is 1. The molecule has 88 valence electrons. The molecule has 0 fully saturated rings. The van der Waals surface area contributed by atoms with E-state index in [4.69, 9.17) is 4.74 Å². The maximum atomic E-state index is 11.7. The summed E-state index contributed by atoms with van der Waals surface area (Å²) in [4.78, 5) is 11.7. The molecule has 0 aromatic heterocycles. The Morgan fingerprint density at radius 2 is 1.61 bits per heavy atom. The van der Waals surface area contributed by atoms with Crippen LogP contribution in [-0.4, -0.2) is 5.97 Å². The third-order valence-corrected chi connectivity index (χ3v) is 3.53. The minimum absolute atomic E-state index is 0.288. The highest BCUT2D eigenvalue weighted by atomic mass is 79.9. The van der Waals surface area contributed by atoms with E-state index in [1.807, 2.05) is 48.5 Å². The SMILES string of the molecule is O=C1O/C(=C/c2ccccc2Br)c2ccccc21. The van der Waals surface area contributed by atoms with Crippen molar-refractivity contribution in [2.24, 2.45) is 0 Å². The highest BCUT2D eigenvalue weighted by Crippen LogP contribution is 2.32. The van der Waals surface area contributed by atoms with Crippen molar-refractivity contribution >= 4 is 33.7 Å². The Kier molecular flexibility index (Phi) is 2.76. The van der Waals surface area contributed by atoms with E-state index < -0.39 is 0 Å². The molecule has 1 aliphatic rings. The number of benzene rings is 2. The molecule has 0 N–H and O–H groups in total. The van der Waals surface area contributed by atoms with Gasteiger partial charge in [0.1, 0.15) is 5.76 Å². The van der Waals surface area contributed by atoms with Crippen molar-refractivity contribution in [2.75, 3.05) is 0 Å². The van der Waals surface area contributed by atoms with Gasteiger partial charge in [-0.05, 0) is 23.8 Å². The Bertz CT molecular complexity index is 659. The van der Waals surface area contributed by atoms with Gasteiger partial charge in [0.25, 0.3) is 0 Å². The van der Waals surface area contributed by atoms with Crippen LogP contribution in [0.3, 0.4) is 0 Å². The number of carbonyl (C=O) groups excluding carboxylic acids is 1. The lowest BCUT2D eigenvalue weighted by atomic mass is 10.1. The maximum absolute atomic E-state index is 11.7. The molecule has 2 nitrogen and oxygen atoms in total. The molecule has 0 spiro atoms. The van der Waals surface area contributed by atoms with Crippen LogP contribution in [0, 0.1) is 0 Å². The molecule has 0 unspecified atom stereocenters. The van der Waals surface area contributed by atoms with Crippen LogP contribution >= 0.6 is 15.9 Å². The quantitative estimate of drug-likeness (QED) is 0.741. The average molecular weight is 301 g/mol. The van der Waals surface area contributed by atoms with Crippen molar-refractivity contribution < 1.29 is 9.53 Å². The molecule has 0 atom stereocenters. The van der Waals surface area contributed by atoms with Crippen molar-refractivity contribution in [3.05, 3.63) is 69.7 Å². The Hall–Kier alpha value is -1.87. The summed E-state index contributed by atoms with van der Waals surface area (Å²) in [6, 6.07) is 15.2. The highest BCUT2D eigenvalue weighted by molar-refractivity contribution is 9.10. The van der Waals surface area contributed by atoms with Gasteiger partial charge in [-0.15, -0.1) is 0 Å². The number of cyclic esters (lactones) is 1. The highest BCUT2D eigenvalue weighted by Gasteiger charge is 2.25. The fourth-order valence-electron chi connectivity index (χ4n) is 1.93. The normalized spacial score (nSPS) is 15.6. The van der Waals surface area contributed by atoms with Crippen LogP contribution in [0.4, 0.5) is 0 Å². The van der Waals surface area contributed by atoms with Gasteiger partial charge in [0.05, 0.1) is 5.56 Å². The van der Waals surface area contributed by atoms with E-state index >= 15 is 0 Å². The maximum Gasteiger partial charge on any atom is 0.344 e. The van der Waals surface area contributed by atoms with Crippen LogP contribution in [0.15, 0.2) is 53.0 Å². The van der Waals surface area contributed by atoms with Crippen molar-refractivity contribution in [3.8, 4) is 0 Å². The van der Waals surface area contributed by atoms with Gasteiger partial charge in [-0.3, -0.25) is 0 Å². The zero-order valence-electron chi connectivity index (χ0n) is 9.39. The Morgan fingerprint density at radius 1 is 0.944 bits per heavy atom. The molecule has 3 heteroatoms. The predicted octanol–water partition coefficient (Wildman–Crippen LogP) is 4.12. The van der Waals surface area contributed by atoms with E-state index in [-0.39, 0.29) is 5.97 Å². The summed E-state index contributed by atoms with van der Waals surface area (Å²) in [5.74, 6) is 0.311. The second-order valence-corrected chi connectivity index (χ2v) is 4.82. The molecule has 2 aromatic rings. The van der Waals surface area contributed by atoms with Crippen LogP contribution < -0.4 is 0 Å². The molecule has 0 saturated carbocycles. The van der Waals surface area contributed by atoms with E-state index in [1.54, 1.807) is 6.07 Å². The van der Waals surface area contributed by atoms with Crippen LogP contribution in [0.25, 0.3) is 11.8 Å². The number of ether oxygens (including phenoxy) is 1. The lowest BCUT2D eigenvalue weighted by molar-refractivity contribution is 0.0717. The number of carbonyl (C=O) groups is 1. The summed E-state index contributed by atoms with van der Waals surface area (Å²) in [6.45, 7) is 0. The molecule has 3 rings (SSSR count). The van der Waals surface area contributed by atoms with E-state index in [1.165, 1.54) is 0 Å². The molecular formula is C15H9BrO2. The zero-order chi connectivity index (χ0) is 12.5. The van der Waals surface area contributed by atoms with E-state index in [0.29, 0.717) is 11.3 Å². The van der Waals surface area contributed by atoms with Crippen molar-refractivity contribution in [1.29, 1.82) is 0 Å². The van der Waals surface area contributed by atoms with Gasteiger partial charge >= 0.3 is 5.97 Å². The molecule has 1 heterocycles. The molecule has 18 heavy (non-hydrogen) atoms. The lowest BCUT2D eigenvalue weighted by Gasteiger charge is -2.01. The Morgan fingerprint density at radius 3 is 2.39 bits per heavy atom. The molecule has 0 saturated heterocycles. The summed E-state index contributed by atoms with van der Waals surface area (Å²) in [5.41, 5.74) is 2.45. The summed E-state index contributed by atoms with van der Waals surface area (Å²) in [7, 11) is 0. The number of rotatable bonds is 1. The van der Waals surface area contributed by atoms with Crippen molar-refractivity contribution in [3.63, 3.8) is 0 Å². The molecule has 0 bridgehead atoms. The third kappa shape index (κ3) is 1.87. The largest absolute Gasteiger partial charge is 0.422 e. The van der Waals surface area contributed by atoms with E-state index in [0.717, 1.165) is 15.6 Å². The minimum atomic E-state index is -0.288. The molecule has 0 radical (unpaired) electrons. The summed E-state index contributed by atoms with van der Waals surface area (Å²) >= 11 is 3.47. The number of fused-ring (bicyclic) bond motifs is 1. The van der Waals surface area contributed by atoms with E-state index in [2.05, 4.69) is 15.9 Å². The molecule has 0 aliphatic carbocycles. The van der Waals surface area contributed by atoms with Crippen LogP contribution in [0.2, 0.25) is 0 Å². The lowest BCUT2D eigenvalue weighted by Crippen LogP contribution is -1.92. The van der Waals surface area contributed by atoms with Crippen LogP contribution in [0.1, 0.15) is 21.5 Å². The monoisotopic (exact) mass is 300 g/mol. The summed E-state index contributed by atoms with van der Waals surface area (Å²) in [5, 5.41) is 0. The molecule has 2 aromatic carbocycles. The smallest absolute Gasteiger partial charge is 0.344 e. The number of hydrogen-bond acceptors (Lipinski definition) is 2. The Labute approximate surface area is 113 Å². The first-order valence-corrected chi connectivity index (χ1v) is 6.33. The van der Waals surface area contributed by atoms with Crippen molar-refractivity contribution in [1.82, 2.24) is 0 Å². The van der Waals surface area contributed by atoms with Crippen LogP contribution in [0.5, 0.6) is 0 Å². The predicted molar refractivity (Wildman–Crippen MR) is 73.9 cm³/mol. The van der Waals surface area contributed by atoms with Gasteiger partial charge < -0.3 is 4.74 Å². The van der Waals surface area contributed by atoms with Gasteiger partial charge in [-0.25, -0.2) is 4.79 Å². The number of hydrogen-bond donors (Lipinski definition) is 0. The summed E-state index contributed by atoms with van der Waals surface area (Å²) in [6.07, 6.45) is 1.87. The second-order valence-electron chi connectivity index (χ2n) is 3.97. The summed E-state index contributed by atoms with van der Waals surface area (Å²) < 4.78 is 6.26. The average Bonchev–Trinajstić information content (AvgIpc) is 2.70.